The van der Waals surface area contributed by atoms with Crippen molar-refractivity contribution >= 4 is 6.09 Å². The smallest absolute Gasteiger partial charge is 0.410 e. The molecule has 2 heterocycles. The lowest BCUT2D eigenvalue weighted by atomic mass is 10.0. The molecule has 0 saturated carbocycles. The van der Waals surface area contributed by atoms with E-state index < -0.39 is 5.60 Å². The number of carbonyl (C=O) groups is 1. The quantitative estimate of drug-likeness (QED) is 0.782. The fraction of sp³-hybridized carbons (Fsp3) is 0.938. The van der Waals surface area contributed by atoms with Crippen LogP contribution in [-0.4, -0.2) is 90.0 Å². The van der Waals surface area contributed by atoms with Crippen molar-refractivity contribution in [3.8, 4) is 0 Å². The summed E-state index contributed by atoms with van der Waals surface area (Å²) in [4.78, 5) is 18.6. The zero-order valence-corrected chi connectivity index (χ0v) is 14.4. The lowest BCUT2D eigenvalue weighted by Gasteiger charge is -2.39. The summed E-state index contributed by atoms with van der Waals surface area (Å²) in [6.45, 7) is 10.9. The number of piperazine rings is 1. The summed E-state index contributed by atoms with van der Waals surface area (Å²) in [5, 5.41) is 10.5. The normalized spacial score (nSPS) is 29.2. The molecule has 6 nitrogen and oxygen atoms in total. The summed E-state index contributed by atoms with van der Waals surface area (Å²) in [6.07, 6.45) is 0.801. The summed E-state index contributed by atoms with van der Waals surface area (Å²) in [7, 11) is 2.13. The van der Waals surface area contributed by atoms with Gasteiger partial charge in [0.1, 0.15) is 5.60 Å². The van der Waals surface area contributed by atoms with Gasteiger partial charge in [0.25, 0.3) is 0 Å². The van der Waals surface area contributed by atoms with E-state index in [4.69, 9.17) is 4.74 Å². The van der Waals surface area contributed by atoms with Crippen LogP contribution in [0.3, 0.4) is 0 Å². The van der Waals surface area contributed by atoms with Gasteiger partial charge in [-0.3, -0.25) is 4.90 Å². The molecule has 6 heteroatoms. The van der Waals surface area contributed by atoms with Crippen LogP contribution in [0.25, 0.3) is 0 Å². The summed E-state index contributed by atoms with van der Waals surface area (Å²) < 4.78 is 5.45. The molecule has 2 atom stereocenters. The van der Waals surface area contributed by atoms with Crippen LogP contribution in [0.5, 0.6) is 0 Å². The van der Waals surface area contributed by atoms with Crippen molar-refractivity contribution in [1.29, 1.82) is 0 Å². The third kappa shape index (κ3) is 4.83. The summed E-state index contributed by atoms with van der Waals surface area (Å²) in [5.41, 5.74) is -0.473. The maximum Gasteiger partial charge on any atom is 0.410 e. The van der Waals surface area contributed by atoms with E-state index in [9.17, 15) is 9.90 Å². The fourth-order valence-corrected chi connectivity index (χ4v) is 3.16. The van der Waals surface area contributed by atoms with Gasteiger partial charge in [-0.05, 0) is 40.7 Å². The molecule has 2 saturated heterocycles. The van der Waals surface area contributed by atoms with Gasteiger partial charge in [0, 0.05) is 45.3 Å². The Kier molecular flexibility index (Phi) is 5.69. The van der Waals surface area contributed by atoms with Gasteiger partial charge in [-0.15, -0.1) is 0 Å². The number of rotatable bonds is 1. The van der Waals surface area contributed by atoms with Crippen molar-refractivity contribution in [3.05, 3.63) is 0 Å². The van der Waals surface area contributed by atoms with E-state index in [-0.39, 0.29) is 18.2 Å². The number of aliphatic hydroxyl groups excluding tert-OH is 1. The summed E-state index contributed by atoms with van der Waals surface area (Å²) in [5.74, 6) is 0. The molecule has 2 aliphatic rings. The first-order valence-corrected chi connectivity index (χ1v) is 8.35. The van der Waals surface area contributed by atoms with Crippen molar-refractivity contribution in [1.82, 2.24) is 14.7 Å². The second-order valence-corrected chi connectivity index (χ2v) is 7.52. The Morgan fingerprint density at radius 2 is 1.64 bits per heavy atom. The van der Waals surface area contributed by atoms with Gasteiger partial charge >= 0.3 is 6.09 Å². The molecule has 2 rings (SSSR count). The largest absolute Gasteiger partial charge is 0.444 e. The molecule has 0 unspecified atom stereocenters. The topological polar surface area (TPSA) is 56.2 Å². The SMILES string of the molecule is CN1CCN([C@H]2CCN(C(=O)OC(C)(C)C)CC[C@@H]2O)CC1. The average Bonchev–Trinajstić information content (AvgIpc) is 2.60. The third-order valence-electron chi connectivity index (χ3n) is 4.49. The van der Waals surface area contributed by atoms with Crippen molar-refractivity contribution in [2.75, 3.05) is 46.3 Å². The number of likely N-dealkylation sites (tertiary alicyclic amines) is 1. The Hall–Kier alpha value is -0.850. The van der Waals surface area contributed by atoms with Gasteiger partial charge in [0.05, 0.1) is 6.10 Å². The molecule has 128 valence electrons. The van der Waals surface area contributed by atoms with Crippen LogP contribution in [0.1, 0.15) is 33.6 Å². The number of hydrogen-bond acceptors (Lipinski definition) is 5. The number of likely N-dealkylation sites (N-methyl/N-ethyl adjacent to an activating group) is 1. The van der Waals surface area contributed by atoms with Crippen molar-refractivity contribution in [3.63, 3.8) is 0 Å². The molecule has 1 N–H and O–H groups in total. The van der Waals surface area contributed by atoms with Crippen molar-refractivity contribution < 1.29 is 14.6 Å². The Bertz CT molecular complexity index is 375. The highest BCUT2D eigenvalue weighted by atomic mass is 16.6. The molecule has 0 aromatic carbocycles. The zero-order chi connectivity index (χ0) is 16.3. The molecule has 22 heavy (non-hydrogen) atoms. The van der Waals surface area contributed by atoms with Crippen molar-refractivity contribution in [2.24, 2.45) is 0 Å². The second kappa shape index (κ2) is 7.15. The van der Waals surface area contributed by atoms with Gasteiger partial charge in [0.15, 0.2) is 0 Å². The van der Waals surface area contributed by atoms with E-state index in [1.165, 1.54) is 0 Å². The molecule has 0 bridgehead atoms. The van der Waals surface area contributed by atoms with Crippen LogP contribution in [-0.2, 0) is 4.74 Å². The van der Waals surface area contributed by atoms with Gasteiger partial charge in [-0.25, -0.2) is 4.79 Å². The van der Waals surface area contributed by atoms with Crippen LogP contribution in [0.4, 0.5) is 4.79 Å². The Balaban J connectivity index is 1.91. The number of aliphatic hydroxyl groups is 1. The van der Waals surface area contributed by atoms with E-state index in [0.29, 0.717) is 19.5 Å². The minimum atomic E-state index is -0.473. The van der Waals surface area contributed by atoms with Crippen LogP contribution < -0.4 is 0 Å². The van der Waals surface area contributed by atoms with E-state index in [1.54, 1.807) is 4.90 Å². The summed E-state index contributed by atoms with van der Waals surface area (Å²) >= 11 is 0. The second-order valence-electron chi connectivity index (χ2n) is 7.52. The van der Waals surface area contributed by atoms with Gasteiger partial charge < -0.3 is 19.6 Å². The predicted octanol–water partition coefficient (Wildman–Crippen LogP) is 0.994. The molecule has 2 fully saturated rings. The van der Waals surface area contributed by atoms with Crippen LogP contribution in [0, 0.1) is 0 Å². The molecule has 0 aromatic rings. The van der Waals surface area contributed by atoms with Gasteiger partial charge in [-0.2, -0.15) is 0 Å². The first-order chi connectivity index (χ1) is 10.3. The number of amides is 1. The minimum absolute atomic E-state index is 0.154. The first-order valence-electron chi connectivity index (χ1n) is 8.35. The monoisotopic (exact) mass is 313 g/mol. The number of carbonyl (C=O) groups excluding carboxylic acids is 1. The first kappa shape index (κ1) is 17.5. The highest BCUT2D eigenvalue weighted by Crippen LogP contribution is 2.20. The molecule has 0 spiro atoms. The van der Waals surface area contributed by atoms with Crippen LogP contribution >= 0.6 is 0 Å². The fourth-order valence-electron chi connectivity index (χ4n) is 3.16. The van der Waals surface area contributed by atoms with Crippen LogP contribution in [0.2, 0.25) is 0 Å². The highest BCUT2D eigenvalue weighted by Gasteiger charge is 2.33. The van der Waals surface area contributed by atoms with E-state index in [1.807, 2.05) is 20.8 Å². The van der Waals surface area contributed by atoms with E-state index >= 15 is 0 Å². The molecular formula is C16H31N3O3. The van der Waals surface area contributed by atoms with Gasteiger partial charge in [0.2, 0.25) is 0 Å². The maximum atomic E-state index is 12.2. The number of ether oxygens (including phenoxy) is 1. The van der Waals surface area contributed by atoms with Crippen LogP contribution in [0.15, 0.2) is 0 Å². The molecule has 0 aliphatic carbocycles. The zero-order valence-electron chi connectivity index (χ0n) is 14.4. The van der Waals surface area contributed by atoms with Gasteiger partial charge in [-0.1, -0.05) is 0 Å². The average molecular weight is 313 g/mol. The number of nitrogens with zero attached hydrogens (tertiary/aromatic N) is 3. The molecule has 1 amide bonds. The third-order valence-corrected chi connectivity index (χ3v) is 4.49. The van der Waals surface area contributed by atoms with Crippen molar-refractivity contribution in [2.45, 2.75) is 51.4 Å². The molecule has 0 aromatic heterocycles. The Morgan fingerprint density at radius 1 is 1.05 bits per heavy atom. The van der Waals surface area contributed by atoms with E-state index in [2.05, 4.69) is 16.8 Å². The lowest BCUT2D eigenvalue weighted by Crippen LogP contribution is -2.52. The van der Waals surface area contributed by atoms with E-state index in [0.717, 1.165) is 32.6 Å². The minimum Gasteiger partial charge on any atom is -0.444 e. The highest BCUT2D eigenvalue weighted by molar-refractivity contribution is 5.68. The Labute approximate surface area is 134 Å². The standard InChI is InChI=1S/C16H31N3O3/c1-16(2,3)22-15(21)19-7-5-13(14(20)6-8-19)18-11-9-17(4)10-12-18/h13-14,20H,5-12H2,1-4H3/t13-,14-/m0/s1. The number of hydrogen-bond donors (Lipinski definition) is 1. The lowest BCUT2D eigenvalue weighted by molar-refractivity contribution is 0.0224. The Morgan fingerprint density at radius 3 is 2.23 bits per heavy atom. The maximum absolute atomic E-state index is 12.2. The predicted molar refractivity (Wildman–Crippen MR) is 85.9 cm³/mol. The molecule has 2 aliphatic heterocycles. The molecular weight excluding hydrogens is 282 g/mol. The summed E-state index contributed by atoms with van der Waals surface area (Å²) in [6, 6.07) is 0.154. The molecule has 0 radical (unpaired) electrons.